The van der Waals surface area contributed by atoms with Crippen LogP contribution < -0.4 is 4.90 Å². The Balaban J connectivity index is 0.00000176. The molecule has 0 bridgehead atoms. The molecule has 0 fully saturated rings. The Hall–Kier alpha value is -1.84. The standard InChI is InChI=1S/C18H20N2O.ClH/c1-20(2)15-10-8-14(9-11-15)12-18(21-3)13-19-17-7-5-4-6-16(17)18;/h4-11,13H,12H2,1-3H3;1H. The quantitative estimate of drug-likeness (QED) is 0.852. The number of methoxy groups -OCH3 is 1. The highest BCUT2D eigenvalue weighted by molar-refractivity contribution is 5.85. The lowest BCUT2D eigenvalue weighted by molar-refractivity contribution is 0.0552. The SMILES string of the molecule is COC1(Cc2ccc(N(C)C)cc2)C=Nc2ccccc21.Cl. The minimum absolute atomic E-state index is 0. The number of nitrogens with zero attached hydrogens (tertiary/aromatic N) is 2. The minimum atomic E-state index is -0.448. The van der Waals surface area contributed by atoms with E-state index in [0.717, 1.165) is 17.7 Å². The van der Waals surface area contributed by atoms with Crippen LogP contribution in [0.15, 0.2) is 53.5 Å². The second-order valence-electron chi connectivity index (χ2n) is 5.61. The highest BCUT2D eigenvalue weighted by Gasteiger charge is 2.36. The maximum absolute atomic E-state index is 5.85. The largest absolute Gasteiger partial charge is 0.378 e. The van der Waals surface area contributed by atoms with Crippen molar-refractivity contribution >= 4 is 30.0 Å². The van der Waals surface area contributed by atoms with E-state index < -0.39 is 5.60 Å². The van der Waals surface area contributed by atoms with E-state index in [1.54, 1.807) is 7.11 Å². The van der Waals surface area contributed by atoms with Crippen LogP contribution >= 0.6 is 12.4 Å². The van der Waals surface area contributed by atoms with Gasteiger partial charge < -0.3 is 9.64 Å². The summed E-state index contributed by atoms with van der Waals surface area (Å²) in [6.45, 7) is 0. The number of para-hydroxylation sites is 1. The third-order valence-corrected chi connectivity index (χ3v) is 4.06. The molecule has 1 aliphatic rings. The topological polar surface area (TPSA) is 24.8 Å². The molecule has 0 radical (unpaired) electrons. The number of aliphatic imine (C=N–C) groups is 1. The predicted octanol–water partition coefficient (Wildman–Crippen LogP) is 3.97. The van der Waals surface area contributed by atoms with Gasteiger partial charge in [-0.15, -0.1) is 12.4 Å². The van der Waals surface area contributed by atoms with Gasteiger partial charge in [-0.2, -0.15) is 0 Å². The van der Waals surface area contributed by atoms with Crippen molar-refractivity contribution in [3.63, 3.8) is 0 Å². The second kappa shape index (κ2) is 6.51. The Morgan fingerprint density at radius 2 is 1.73 bits per heavy atom. The second-order valence-corrected chi connectivity index (χ2v) is 5.61. The minimum Gasteiger partial charge on any atom is -0.378 e. The number of anilines is 1. The number of hydrogen-bond acceptors (Lipinski definition) is 3. The van der Waals surface area contributed by atoms with Crippen LogP contribution in [0, 0.1) is 0 Å². The molecule has 3 rings (SSSR count). The molecular weight excluding hydrogens is 296 g/mol. The van der Waals surface area contributed by atoms with Crippen molar-refractivity contribution in [1.82, 2.24) is 0 Å². The van der Waals surface area contributed by atoms with Gasteiger partial charge in [-0.25, -0.2) is 0 Å². The first-order valence-corrected chi connectivity index (χ1v) is 7.11. The molecule has 0 amide bonds. The van der Waals surface area contributed by atoms with Crippen LogP contribution in [-0.2, 0) is 16.8 Å². The number of halogens is 1. The summed E-state index contributed by atoms with van der Waals surface area (Å²) in [6, 6.07) is 16.8. The molecule has 1 aliphatic heterocycles. The first-order chi connectivity index (χ1) is 10.1. The fourth-order valence-electron chi connectivity index (χ4n) is 2.78. The number of rotatable bonds is 4. The summed E-state index contributed by atoms with van der Waals surface area (Å²) in [6.07, 6.45) is 2.72. The van der Waals surface area contributed by atoms with Crippen LogP contribution in [0.2, 0.25) is 0 Å². The molecule has 0 aliphatic carbocycles. The molecule has 0 N–H and O–H groups in total. The molecule has 2 aromatic carbocycles. The third-order valence-electron chi connectivity index (χ3n) is 4.06. The third kappa shape index (κ3) is 2.87. The van der Waals surface area contributed by atoms with Gasteiger partial charge in [-0.05, 0) is 23.8 Å². The lowest BCUT2D eigenvalue weighted by Gasteiger charge is -2.26. The summed E-state index contributed by atoms with van der Waals surface area (Å²) in [5, 5.41) is 0. The van der Waals surface area contributed by atoms with E-state index in [1.807, 2.05) is 38.5 Å². The number of ether oxygens (including phenoxy) is 1. The molecule has 2 aromatic rings. The monoisotopic (exact) mass is 316 g/mol. The lowest BCUT2D eigenvalue weighted by Crippen LogP contribution is -2.30. The summed E-state index contributed by atoms with van der Waals surface area (Å²) in [5.41, 5.74) is 4.14. The Morgan fingerprint density at radius 1 is 1.05 bits per heavy atom. The number of fused-ring (bicyclic) bond motifs is 1. The zero-order valence-corrected chi connectivity index (χ0v) is 13.9. The molecule has 0 saturated carbocycles. The highest BCUT2D eigenvalue weighted by atomic mass is 35.5. The van der Waals surface area contributed by atoms with E-state index >= 15 is 0 Å². The molecule has 0 saturated heterocycles. The predicted molar refractivity (Wildman–Crippen MR) is 95.0 cm³/mol. The van der Waals surface area contributed by atoms with Crippen molar-refractivity contribution in [3.8, 4) is 0 Å². The van der Waals surface area contributed by atoms with E-state index in [-0.39, 0.29) is 12.4 Å². The Bertz CT molecular complexity index is 667. The average molecular weight is 317 g/mol. The summed E-state index contributed by atoms with van der Waals surface area (Å²) in [4.78, 5) is 6.61. The van der Waals surface area contributed by atoms with Gasteiger partial charge in [0.15, 0.2) is 0 Å². The van der Waals surface area contributed by atoms with E-state index in [2.05, 4.69) is 40.2 Å². The first kappa shape index (κ1) is 16.5. The molecule has 0 aromatic heterocycles. The Kier molecular flexibility index (Phi) is 4.89. The van der Waals surface area contributed by atoms with Crippen molar-refractivity contribution in [2.24, 2.45) is 4.99 Å². The molecular formula is C18H21ClN2O. The molecule has 1 unspecified atom stereocenters. The lowest BCUT2D eigenvalue weighted by atomic mass is 9.89. The zero-order valence-electron chi connectivity index (χ0n) is 13.1. The first-order valence-electron chi connectivity index (χ1n) is 7.11. The smallest absolute Gasteiger partial charge is 0.134 e. The van der Waals surface area contributed by atoms with Crippen molar-refractivity contribution in [1.29, 1.82) is 0 Å². The molecule has 4 heteroatoms. The molecule has 22 heavy (non-hydrogen) atoms. The maximum atomic E-state index is 5.85. The van der Waals surface area contributed by atoms with Gasteiger partial charge in [0.05, 0.1) is 5.69 Å². The maximum Gasteiger partial charge on any atom is 0.134 e. The highest BCUT2D eigenvalue weighted by Crippen LogP contribution is 2.39. The zero-order chi connectivity index (χ0) is 14.9. The van der Waals surface area contributed by atoms with Gasteiger partial charge in [-0.3, -0.25) is 4.99 Å². The van der Waals surface area contributed by atoms with Crippen molar-refractivity contribution in [2.45, 2.75) is 12.0 Å². The average Bonchev–Trinajstić information content (AvgIpc) is 2.87. The summed E-state index contributed by atoms with van der Waals surface area (Å²) in [7, 11) is 5.85. The summed E-state index contributed by atoms with van der Waals surface area (Å²) >= 11 is 0. The normalized spacial score (nSPS) is 18.7. The summed E-state index contributed by atoms with van der Waals surface area (Å²) in [5.74, 6) is 0. The molecule has 116 valence electrons. The molecule has 1 atom stereocenters. The fourth-order valence-corrected chi connectivity index (χ4v) is 2.78. The van der Waals surface area contributed by atoms with Gasteiger partial charge in [0, 0.05) is 45.1 Å². The van der Waals surface area contributed by atoms with Crippen LogP contribution in [0.1, 0.15) is 11.1 Å². The van der Waals surface area contributed by atoms with Gasteiger partial charge in [-0.1, -0.05) is 30.3 Å². The van der Waals surface area contributed by atoms with E-state index in [4.69, 9.17) is 4.74 Å². The summed E-state index contributed by atoms with van der Waals surface area (Å²) < 4.78 is 5.85. The van der Waals surface area contributed by atoms with Gasteiger partial charge in [0.2, 0.25) is 0 Å². The van der Waals surface area contributed by atoms with E-state index in [9.17, 15) is 0 Å². The molecule has 1 heterocycles. The Labute approximate surface area is 138 Å². The van der Waals surface area contributed by atoms with Crippen molar-refractivity contribution < 1.29 is 4.74 Å². The van der Waals surface area contributed by atoms with Crippen LogP contribution in [0.25, 0.3) is 0 Å². The van der Waals surface area contributed by atoms with Crippen LogP contribution in [-0.4, -0.2) is 27.4 Å². The van der Waals surface area contributed by atoms with Gasteiger partial charge >= 0.3 is 0 Å². The van der Waals surface area contributed by atoms with E-state index in [0.29, 0.717) is 0 Å². The number of benzene rings is 2. The van der Waals surface area contributed by atoms with Crippen molar-refractivity contribution in [3.05, 3.63) is 59.7 Å². The Morgan fingerprint density at radius 3 is 2.36 bits per heavy atom. The number of hydrogen-bond donors (Lipinski definition) is 0. The van der Waals surface area contributed by atoms with Crippen LogP contribution in [0.3, 0.4) is 0 Å². The van der Waals surface area contributed by atoms with E-state index in [1.165, 1.54) is 11.3 Å². The van der Waals surface area contributed by atoms with Crippen LogP contribution in [0.5, 0.6) is 0 Å². The van der Waals surface area contributed by atoms with Crippen LogP contribution in [0.4, 0.5) is 11.4 Å². The van der Waals surface area contributed by atoms with Gasteiger partial charge in [0.1, 0.15) is 5.60 Å². The molecule has 3 nitrogen and oxygen atoms in total. The van der Waals surface area contributed by atoms with Gasteiger partial charge in [0.25, 0.3) is 0 Å². The fraction of sp³-hybridized carbons (Fsp3) is 0.278. The molecule has 0 spiro atoms. The van der Waals surface area contributed by atoms with Crippen molar-refractivity contribution in [2.75, 3.05) is 26.1 Å².